The van der Waals surface area contributed by atoms with Gasteiger partial charge in [0.2, 0.25) is 10.9 Å². The van der Waals surface area contributed by atoms with Gasteiger partial charge in [0.25, 0.3) is 0 Å². The molecule has 6 heavy (non-hydrogen) atoms. The molecule has 0 aliphatic rings. The normalized spacial score (nSPS) is 9.67. The number of hydrogen-bond donors (Lipinski definition) is 2. The smallest absolute Gasteiger partial charge is 0.223 e. The van der Waals surface area contributed by atoms with Gasteiger partial charge < -0.3 is 0 Å². The molecule has 0 rings (SSSR count). The van der Waals surface area contributed by atoms with Crippen molar-refractivity contribution >= 4 is 10.9 Å². The molecule has 0 radical (unpaired) electrons. The minimum atomic E-state index is -2.57. The van der Waals surface area contributed by atoms with E-state index in [0.717, 1.165) is 0 Å². The largest absolute Gasteiger partial charge is 0.291 e. The summed E-state index contributed by atoms with van der Waals surface area (Å²) in [4.78, 5) is 5.62. The first-order valence-electron chi connectivity index (χ1n) is 1.20. The Morgan fingerprint density at radius 1 is 1.67 bits per heavy atom. The predicted molar refractivity (Wildman–Crippen MR) is 20.5 cm³/mol. The quantitative estimate of drug-likeness (QED) is 0.342. The summed E-state index contributed by atoms with van der Waals surface area (Å²) in [6.07, 6.45) is 0. The fourth-order valence-electron chi connectivity index (χ4n) is 0.0745. The molecular formula is CH5NO3S. The van der Waals surface area contributed by atoms with Crippen LogP contribution in [-0.2, 0) is 15.7 Å². The highest BCUT2D eigenvalue weighted by Gasteiger charge is 1.69. The molecule has 0 bridgehead atoms. The van der Waals surface area contributed by atoms with Crippen molar-refractivity contribution in [2.75, 3.05) is 7.11 Å². The fraction of sp³-hybridized carbons (Fsp3) is 1.00. The molecule has 0 aromatic heterocycles. The van der Waals surface area contributed by atoms with Gasteiger partial charge in [-0.05, 0) is 0 Å². The lowest BCUT2D eigenvalue weighted by Crippen LogP contribution is -2.07. The van der Waals surface area contributed by atoms with E-state index in [4.69, 9.17) is 0 Å². The van der Waals surface area contributed by atoms with Gasteiger partial charge >= 0.3 is 0 Å². The van der Waals surface area contributed by atoms with Gasteiger partial charge in [-0.2, -0.15) is 0 Å². The van der Waals surface area contributed by atoms with E-state index in [-0.39, 0.29) is 0 Å². The van der Waals surface area contributed by atoms with Crippen molar-refractivity contribution in [3.8, 4) is 0 Å². The van der Waals surface area contributed by atoms with Gasteiger partial charge in [-0.1, -0.05) is 4.89 Å². The molecule has 4 nitrogen and oxygen atoms in total. The summed E-state index contributed by atoms with van der Waals surface area (Å²) in [5.41, 5.74) is 0. The standard InChI is InChI=1S/CH5NO3S/c1-5-2-6(3)4/h6H,1H3,(H,2,3,4). The summed E-state index contributed by atoms with van der Waals surface area (Å²) in [6.45, 7) is 0. The van der Waals surface area contributed by atoms with E-state index in [0.29, 0.717) is 0 Å². The molecule has 0 atom stereocenters. The second kappa shape index (κ2) is 3.08. The minimum absolute atomic E-state index is 1.23. The fourth-order valence-corrected chi connectivity index (χ4v) is 0.224. The lowest BCUT2D eigenvalue weighted by Gasteiger charge is -1.81. The highest BCUT2D eigenvalue weighted by molar-refractivity contribution is 7.70. The first-order chi connectivity index (χ1) is 2.77. The Hall–Kier alpha value is -0.130. The third kappa shape index (κ3) is 3.87. The third-order valence-corrected chi connectivity index (χ3v) is 0.497. The van der Waals surface area contributed by atoms with Gasteiger partial charge in [0.05, 0.1) is 7.11 Å². The molecule has 0 fully saturated rings. The maximum absolute atomic E-state index is 9.40. The Morgan fingerprint density at radius 3 is 2.17 bits per heavy atom. The van der Waals surface area contributed by atoms with E-state index in [1.165, 1.54) is 7.11 Å². The van der Waals surface area contributed by atoms with Crippen molar-refractivity contribution in [3.63, 3.8) is 0 Å². The zero-order valence-electron chi connectivity index (χ0n) is 3.17. The van der Waals surface area contributed by atoms with Crippen molar-refractivity contribution in [1.82, 2.24) is 4.89 Å². The number of thiol groups is 1. The Kier molecular flexibility index (Phi) is 3.01. The second-order valence-electron chi connectivity index (χ2n) is 0.553. The van der Waals surface area contributed by atoms with Gasteiger partial charge in [-0.25, -0.2) is 8.42 Å². The van der Waals surface area contributed by atoms with Crippen molar-refractivity contribution < 1.29 is 13.3 Å². The van der Waals surface area contributed by atoms with Crippen molar-refractivity contribution in [1.29, 1.82) is 0 Å². The summed E-state index contributed by atoms with van der Waals surface area (Å²) >= 11 is 0. The third-order valence-electron chi connectivity index (χ3n) is 0.166. The summed E-state index contributed by atoms with van der Waals surface area (Å²) in [5, 5.41) is 0. The Morgan fingerprint density at radius 2 is 2.17 bits per heavy atom. The van der Waals surface area contributed by atoms with Crippen LogP contribution in [0.15, 0.2) is 0 Å². The van der Waals surface area contributed by atoms with Crippen molar-refractivity contribution in [2.45, 2.75) is 0 Å². The Balaban J connectivity index is 3.07. The molecule has 5 heteroatoms. The average Bonchev–Trinajstić information content (AvgIpc) is 1.35. The summed E-state index contributed by atoms with van der Waals surface area (Å²) in [5.74, 6) is 0. The van der Waals surface area contributed by atoms with Crippen LogP contribution < -0.4 is 4.89 Å². The lowest BCUT2D eigenvalue weighted by atomic mass is 11.7. The molecule has 0 aromatic carbocycles. The Bertz CT molecular complexity index is 78.8. The van der Waals surface area contributed by atoms with Crippen LogP contribution in [0, 0.1) is 0 Å². The molecule has 0 amide bonds. The zero-order chi connectivity index (χ0) is 4.99. The van der Waals surface area contributed by atoms with E-state index in [1.54, 1.807) is 4.89 Å². The van der Waals surface area contributed by atoms with E-state index in [9.17, 15) is 8.42 Å². The van der Waals surface area contributed by atoms with Crippen LogP contribution in [0.4, 0.5) is 0 Å². The van der Waals surface area contributed by atoms with Gasteiger partial charge in [-0.15, -0.1) is 0 Å². The van der Waals surface area contributed by atoms with Crippen LogP contribution >= 0.6 is 0 Å². The second-order valence-corrected chi connectivity index (χ2v) is 1.25. The van der Waals surface area contributed by atoms with Crippen LogP contribution in [0.2, 0.25) is 0 Å². The molecule has 0 aromatic rings. The van der Waals surface area contributed by atoms with Crippen molar-refractivity contribution in [3.05, 3.63) is 0 Å². The van der Waals surface area contributed by atoms with Crippen LogP contribution in [0.5, 0.6) is 0 Å². The molecule has 0 heterocycles. The molecule has 0 aliphatic carbocycles. The summed E-state index contributed by atoms with van der Waals surface area (Å²) in [6, 6.07) is 0. The SMILES string of the molecule is CON[SH](=O)=O. The number of rotatable bonds is 2. The number of hydrogen-bond acceptors (Lipinski definition) is 3. The minimum Gasteiger partial charge on any atom is -0.291 e. The molecule has 0 spiro atoms. The lowest BCUT2D eigenvalue weighted by molar-refractivity contribution is 0.156. The average molecular weight is 111 g/mol. The highest BCUT2D eigenvalue weighted by Crippen LogP contribution is 1.47. The predicted octanol–water partition coefficient (Wildman–Crippen LogP) is -1.34. The maximum Gasteiger partial charge on any atom is 0.223 e. The van der Waals surface area contributed by atoms with Gasteiger partial charge in [0.1, 0.15) is 0 Å². The molecule has 0 aliphatic heterocycles. The zero-order valence-corrected chi connectivity index (χ0v) is 4.07. The van der Waals surface area contributed by atoms with Crippen LogP contribution in [0.1, 0.15) is 0 Å². The van der Waals surface area contributed by atoms with Crippen LogP contribution in [-0.4, -0.2) is 15.5 Å². The van der Waals surface area contributed by atoms with E-state index in [1.807, 2.05) is 0 Å². The van der Waals surface area contributed by atoms with E-state index in [2.05, 4.69) is 4.84 Å². The highest BCUT2D eigenvalue weighted by atomic mass is 32.2. The monoisotopic (exact) mass is 111 g/mol. The topological polar surface area (TPSA) is 55.4 Å². The van der Waals surface area contributed by atoms with E-state index >= 15 is 0 Å². The Labute approximate surface area is 37.1 Å². The number of nitrogens with one attached hydrogen (secondary N) is 1. The first kappa shape index (κ1) is 5.87. The van der Waals surface area contributed by atoms with Gasteiger partial charge in [-0.3, -0.25) is 4.84 Å². The first-order valence-corrected chi connectivity index (χ1v) is 2.38. The van der Waals surface area contributed by atoms with Gasteiger partial charge in [0.15, 0.2) is 0 Å². The summed E-state index contributed by atoms with van der Waals surface area (Å²) < 4.78 is 18.8. The van der Waals surface area contributed by atoms with E-state index < -0.39 is 10.9 Å². The molecule has 1 N–H and O–H groups in total. The molecule has 0 saturated carbocycles. The van der Waals surface area contributed by atoms with Crippen LogP contribution in [0.25, 0.3) is 0 Å². The van der Waals surface area contributed by atoms with Crippen LogP contribution in [0.3, 0.4) is 0 Å². The molecule has 0 unspecified atom stereocenters. The molecule has 0 saturated heterocycles. The van der Waals surface area contributed by atoms with Crippen molar-refractivity contribution in [2.24, 2.45) is 0 Å². The summed E-state index contributed by atoms with van der Waals surface area (Å²) in [7, 11) is -1.35. The molecular weight excluding hydrogens is 106 g/mol. The van der Waals surface area contributed by atoms with Gasteiger partial charge in [0, 0.05) is 0 Å². The molecule has 38 valence electrons. The maximum atomic E-state index is 9.40.